The van der Waals surface area contributed by atoms with Gasteiger partial charge in [0.05, 0.1) is 49.6 Å². The number of benzene rings is 4. The van der Waals surface area contributed by atoms with Crippen molar-refractivity contribution in [2.75, 3.05) is 32.2 Å². The molecule has 1 N–H and O–H groups in total. The standard InChI is InChI=1S/C37H37ClN4O9S2/c1-26-5-7-27(8-6-26)23-41(52(44,45)33-17-9-28(38)10-18-33)24-32-16-15-31(51-32)22-39-40-37(43)25-42(29-11-13-30(48-2)14-12-29)53(46,47)34-19-20-35(49-3)36(21-34)50-4/h5-22H,23-25H2,1-4H3,(H,40,43)/b39-22-. The fourth-order valence-electron chi connectivity index (χ4n) is 5.10. The molecule has 16 heteroatoms. The molecule has 53 heavy (non-hydrogen) atoms. The van der Waals surface area contributed by atoms with Crippen molar-refractivity contribution >= 4 is 49.5 Å². The van der Waals surface area contributed by atoms with E-state index in [2.05, 4.69) is 10.5 Å². The minimum absolute atomic E-state index is 0.0712. The first kappa shape index (κ1) is 38.9. The van der Waals surface area contributed by atoms with Crippen LogP contribution in [0.15, 0.2) is 122 Å². The van der Waals surface area contributed by atoms with Gasteiger partial charge in [-0.1, -0.05) is 41.4 Å². The van der Waals surface area contributed by atoms with E-state index in [-0.39, 0.29) is 40.1 Å². The number of nitrogens with zero attached hydrogens (tertiary/aromatic N) is 3. The molecule has 1 amide bonds. The number of hydrogen-bond donors (Lipinski definition) is 1. The van der Waals surface area contributed by atoms with Crippen molar-refractivity contribution in [1.82, 2.24) is 9.73 Å². The van der Waals surface area contributed by atoms with Crippen LogP contribution in [0.5, 0.6) is 17.2 Å². The van der Waals surface area contributed by atoms with Crippen LogP contribution in [0.1, 0.15) is 22.6 Å². The summed E-state index contributed by atoms with van der Waals surface area (Å²) in [5, 5.41) is 4.36. The Morgan fingerprint density at radius 1 is 0.774 bits per heavy atom. The Morgan fingerprint density at radius 3 is 2.08 bits per heavy atom. The van der Waals surface area contributed by atoms with Crippen LogP contribution in [0.2, 0.25) is 5.02 Å². The molecule has 13 nitrogen and oxygen atoms in total. The minimum Gasteiger partial charge on any atom is -0.497 e. The third-order valence-electron chi connectivity index (χ3n) is 7.92. The molecule has 5 aromatic rings. The second kappa shape index (κ2) is 17.0. The number of hydrogen-bond acceptors (Lipinski definition) is 10. The average molecular weight is 781 g/mol. The van der Waals surface area contributed by atoms with Crippen molar-refractivity contribution in [3.05, 3.63) is 131 Å². The van der Waals surface area contributed by atoms with Crippen LogP contribution in [0.4, 0.5) is 5.69 Å². The maximum atomic E-state index is 13.9. The van der Waals surface area contributed by atoms with Gasteiger partial charge in [-0.3, -0.25) is 9.10 Å². The molecule has 0 aliphatic carbocycles. The molecule has 0 atom stereocenters. The highest BCUT2D eigenvalue weighted by molar-refractivity contribution is 7.92. The molecule has 4 aromatic carbocycles. The number of carbonyl (C=O) groups is 1. The van der Waals surface area contributed by atoms with Crippen LogP contribution in [0.25, 0.3) is 0 Å². The third-order valence-corrected chi connectivity index (χ3v) is 11.7. The fraction of sp³-hybridized carbons (Fsp3) is 0.189. The summed E-state index contributed by atoms with van der Waals surface area (Å²) in [4.78, 5) is 13.1. The number of nitrogens with one attached hydrogen (secondary N) is 1. The first-order valence-electron chi connectivity index (χ1n) is 15.9. The van der Waals surface area contributed by atoms with Gasteiger partial charge in [-0.25, -0.2) is 22.3 Å². The Bertz CT molecular complexity index is 2280. The lowest BCUT2D eigenvalue weighted by Gasteiger charge is -2.24. The van der Waals surface area contributed by atoms with E-state index in [0.717, 1.165) is 15.4 Å². The number of halogens is 1. The number of methoxy groups -OCH3 is 3. The molecule has 1 aromatic heterocycles. The second-order valence-electron chi connectivity index (χ2n) is 11.5. The Labute approximate surface area is 313 Å². The summed E-state index contributed by atoms with van der Waals surface area (Å²) in [5.41, 5.74) is 4.34. The Balaban J connectivity index is 1.32. The molecule has 0 radical (unpaired) electrons. The van der Waals surface area contributed by atoms with Gasteiger partial charge < -0.3 is 18.6 Å². The third kappa shape index (κ3) is 9.56. The highest BCUT2D eigenvalue weighted by Crippen LogP contribution is 2.33. The van der Waals surface area contributed by atoms with Crippen molar-refractivity contribution in [3.63, 3.8) is 0 Å². The zero-order valence-corrected chi connectivity index (χ0v) is 31.6. The highest BCUT2D eigenvalue weighted by atomic mass is 35.5. The predicted octanol–water partition coefficient (Wildman–Crippen LogP) is 6.00. The van der Waals surface area contributed by atoms with Gasteiger partial charge in [-0.2, -0.15) is 9.41 Å². The molecular formula is C37H37ClN4O9S2. The number of amides is 1. The number of furan rings is 1. The molecule has 278 valence electrons. The van der Waals surface area contributed by atoms with E-state index in [4.69, 9.17) is 30.2 Å². The maximum Gasteiger partial charge on any atom is 0.264 e. The topological polar surface area (TPSA) is 157 Å². The predicted molar refractivity (Wildman–Crippen MR) is 201 cm³/mol. The van der Waals surface area contributed by atoms with Gasteiger partial charge in [0.25, 0.3) is 15.9 Å². The summed E-state index contributed by atoms with van der Waals surface area (Å²) in [5.74, 6) is 0.781. The molecular weight excluding hydrogens is 744 g/mol. The number of carbonyl (C=O) groups excluding carboxylic acids is 1. The molecule has 0 unspecified atom stereocenters. The van der Waals surface area contributed by atoms with Crippen LogP contribution in [0.3, 0.4) is 0 Å². The minimum atomic E-state index is -4.31. The van der Waals surface area contributed by atoms with Crippen LogP contribution < -0.4 is 23.9 Å². The molecule has 0 bridgehead atoms. The highest BCUT2D eigenvalue weighted by Gasteiger charge is 2.29. The van der Waals surface area contributed by atoms with E-state index >= 15 is 0 Å². The monoisotopic (exact) mass is 780 g/mol. The summed E-state index contributed by atoms with van der Waals surface area (Å²) in [6, 6.07) is 26.8. The second-order valence-corrected chi connectivity index (χ2v) is 15.8. The van der Waals surface area contributed by atoms with Crippen molar-refractivity contribution in [3.8, 4) is 17.2 Å². The number of hydrazone groups is 1. The summed E-state index contributed by atoms with van der Waals surface area (Å²) in [6.45, 7) is 1.27. The summed E-state index contributed by atoms with van der Waals surface area (Å²) in [6.07, 6.45) is 1.22. The summed E-state index contributed by atoms with van der Waals surface area (Å²) < 4.78 is 79.0. The first-order valence-corrected chi connectivity index (χ1v) is 19.2. The van der Waals surface area contributed by atoms with E-state index in [0.29, 0.717) is 22.3 Å². The van der Waals surface area contributed by atoms with E-state index in [9.17, 15) is 21.6 Å². The molecule has 0 aliphatic rings. The van der Waals surface area contributed by atoms with Crippen molar-refractivity contribution < 1.29 is 40.3 Å². The van der Waals surface area contributed by atoms with Crippen molar-refractivity contribution in [2.45, 2.75) is 29.8 Å². The number of aryl methyl sites for hydroxylation is 1. The number of sulfonamides is 2. The van der Waals surface area contributed by atoms with Gasteiger partial charge in [0, 0.05) is 17.6 Å². The zero-order chi connectivity index (χ0) is 38.2. The molecule has 0 aliphatic heterocycles. The van der Waals surface area contributed by atoms with Gasteiger partial charge in [-0.15, -0.1) is 0 Å². The molecule has 0 saturated heterocycles. The van der Waals surface area contributed by atoms with E-state index < -0.39 is 32.5 Å². The number of anilines is 1. The van der Waals surface area contributed by atoms with Crippen LogP contribution >= 0.6 is 11.6 Å². The zero-order valence-electron chi connectivity index (χ0n) is 29.2. The molecule has 1 heterocycles. The quantitative estimate of drug-likeness (QED) is 0.0937. The lowest BCUT2D eigenvalue weighted by Crippen LogP contribution is -2.39. The number of rotatable bonds is 16. The van der Waals surface area contributed by atoms with E-state index in [1.165, 1.54) is 86.4 Å². The average Bonchev–Trinajstić information content (AvgIpc) is 3.61. The van der Waals surface area contributed by atoms with Gasteiger partial charge >= 0.3 is 0 Å². The molecule has 0 saturated carbocycles. The van der Waals surface area contributed by atoms with Gasteiger partial charge in [0.2, 0.25) is 10.0 Å². The largest absolute Gasteiger partial charge is 0.497 e. The fourth-order valence-corrected chi connectivity index (χ4v) is 8.06. The first-order chi connectivity index (χ1) is 25.3. The summed E-state index contributed by atoms with van der Waals surface area (Å²) in [7, 11) is -3.99. The van der Waals surface area contributed by atoms with Crippen molar-refractivity contribution in [1.29, 1.82) is 0 Å². The van der Waals surface area contributed by atoms with Crippen LogP contribution in [0, 0.1) is 6.92 Å². The van der Waals surface area contributed by atoms with Gasteiger partial charge in [0.1, 0.15) is 23.8 Å². The van der Waals surface area contributed by atoms with E-state index in [1.54, 1.807) is 24.3 Å². The maximum absolute atomic E-state index is 13.9. The molecule has 5 rings (SSSR count). The molecule has 0 fully saturated rings. The number of ether oxygens (including phenoxy) is 3. The summed E-state index contributed by atoms with van der Waals surface area (Å²) >= 11 is 6.00. The molecule has 0 spiro atoms. The Morgan fingerprint density at radius 2 is 1.43 bits per heavy atom. The van der Waals surface area contributed by atoms with E-state index in [1.807, 2.05) is 31.2 Å². The van der Waals surface area contributed by atoms with Gasteiger partial charge in [0.15, 0.2) is 11.5 Å². The van der Waals surface area contributed by atoms with Crippen LogP contribution in [-0.2, 0) is 37.9 Å². The normalized spacial score (nSPS) is 11.8. The lowest BCUT2D eigenvalue weighted by atomic mass is 10.1. The Kier molecular flexibility index (Phi) is 12.5. The SMILES string of the molecule is COc1ccc(N(CC(=O)N/N=C\c2ccc(CN(Cc3ccc(C)cc3)S(=O)(=O)c3ccc(Cl)cc3)o2)S(=O)(=O)c2ccc(OC)c(OC)c2)cc1. The lowest BCUT2D eigenvalue weighted by molar-refractivity contribution is -0.119. The van der Waals surface area contributed by atoms with Crippen LogP contribution in [-0.4, -0.2) is 61.1 Å². The smallest absolute Gasteiger partial charge is 0.264 e. The van der Waals surface area contributed by atoms with Crippen molar-refractivity contribution in [2.24, 2.45) is 5.10 Å². The van der Waals surface area contributed by atoms with Gasteiger partial charge in [-0.05, 0) is 85.3 Å². The Hall–Kier alpha value is -5.35.